The molecule has 1 aromatic rings. The van der Waals surface area contributed by atoms with Crippen molar-refractivity contribution >= 4 is 17.3 Å². The summed E-state index contributed by atoms with van der Waals surface area (Å²) in [6, 6.07) is 7.76. The molecule has 1 aliphatic rings. The summed E-state index contributed by atoms with van der Waals surface area (Å²) in [5.41, 5.74) is 2.36. The van der Waals surface area contributed by atoms with Gasteiger partial charge in [0.15, 0.2) is 0 Å². The number of benzene rings is 1. The highest BCUT2D eigenvalue weighted by Gasteiger charge is 2.39. The zero-order chi connectivity index (χ0) is 17.1. The Hall–Kier alpha value is -1.91. The number of carbonyl (C=O) groups is 1. The predicted octanol–water partition coefficient (Wildman–Crippen LogP) is 4.01. The fraction of sp³-hybridized carbons (Fsp3) is 0.556. The van der Waals surface area contributed by atoms with Crippen LogP contribution in [0.5, 0.6) is 0 Å². The van der Waals surface area contributed by atoms with Gasteiger partial charge in [-0.25, -0.2) is 4.39 Å². The van der Waals surface area contributed by atoms with Crippen molar-refractivity contribution in [3.8, 4) is 0 Å². The third kappa shape index (κ3) is 3.89. The minimum atomic E-state index is -1.41. The van der Waals surface area contributed by atoms with Crippen molar-refractivity contribution in [2.45, 2.75) is 46.3 Å². The summed E-state index contributed by atoms with van der Waals surface area (Å²) in [4.78, 5) is 12.5. The van der Waals surface area contributed by atoms with Gasteiger partial charge in [-0.2, -0.15) is 5.10 Å². The molecule has 1 N–H and O–H groups in total. The van der Waals surface area contributed by atoms with Gasteiger partial charge in [-0.05, 0) is 36.8 Å². The molecule has 0 saturated carbocycles. The molecular formula is C18H26FN3O. The number of anilines is 1. The molecule has 0 saturated heterocycles. The lowest BCUT2D eigenvalue weighted by atomic mass is 9.90. The number of hydrazone groups is 1. The van der Waals surface area contributed by atoms with Crippen LogP contribution in [0.2, 0.25) is 0 Å². The fourth-order valence-corrected chi connectivity index (χ4v) is 3.18. The van der Waals surface area contributed by atoms with Crippen LogP contribution in [-0.2, 0) is 4.79 Å². The standard InChI is InChI=1S/C18H26FN3O/c1-11(2)10-12(3)14-8-6-7-9-15(14)20-18(23)16-13(4)21-22(5)17(16)19/h6-9,11-12,16-17H,10H2,1-5H3,(H,20,23). The first-order valence-corrected chi connectivity index (χ1v) is 8.13. The van der Waals surface area contributed by atoms with Crippen LogP contribution < -0.4 is 5.32 Å². The summed E-state index contributed by atoms with van der Waals surface area (Å²) in [5.74, 6) is -0.295. The topological polar surface area (TPSA) is 44.7 Å². The smallest absolute Gasteiger partial charge is 0.238 e. The first kappa shape index (κ1) is 17.4. The van der Waals surface area contributed by atoms with Crippen molar-refractivity contribution in [3.63, 3.8) is 0 Å². The molecule has 0 aromatic heterocycles. The van der Waals surface area contributed by atoms with E-state index in [4.69, 9.17) is 0 Å². The second-order valence-corrected chi connectivity index (χ2v) is 6.77. The first-order chi connectivity index (χ1) is 10.8. The van der Waals surface area contributed by atoms with Gasteiger partial charge in [0, 0.05) is 12.7 Å². The summed E-state index contributed by atoms with van der Waals surface area (Å²) in [5, 5.41) is 8.13. The maximum absolute atomic E-state index is 14.2. The van der Waals surface area contributed by atoms with E-state index in [1.807, 2.05) is 24.3 Å². The number of alkyl halides is 1. The number of carbonyl (C=O) groups excluding carboxylic acids is 1. The molecule has 0 fully saturated rings. The minimum absolute atomic E-state index is 0.327. The second kappa shape index (κ2) is 7.11. The quantitative estimate of drug-likeness (QED) is 0.834. The Labute approximate surface area is 137 Å². The van der Waals surface area contributed by atoms with Crippen molar-refractivity contribution in [2.75, 3.05) is 12.4 Å². The number of nitrogens with one attached hydrogen (secondary N) is 1. The van der Waals surface area contributed by atoms with Gasteiger partial charge in [0.05, 0.1) is 5.71 Å². The highest BCUT2D eigenvalue weighted by Crippen LogP contribution is 2.30. The Morgan fingerprint density at radius 2 is 2.00 bits per heavy atom. The molecule has 0 spiro atoms. The van der Waals surface area contributed by atoms with Crippen LogP contribution in [-0.4, -0.2) is 30.0 Å². The van der Waals surface area contributed by atoms with Gasteiger partial charge in [0.1, 0.15) is 5.92 Å². The van der Waals surface area contributed by atoms with Gasteiger partial charge in [-0.1, -0.05) is 39.0 Å². The molecule has 0 aliphatic carbocycles. The Bertz CT molecular complexity index is 600. The van der Waals surface area contributed by atoms with E-state index in [2.05, 4.69) is 31.2 Å². The van der Waals surface area contributed by atoms with E-state index >= 15 is 0 Å². The molecule has 0 radical (unpaired) electrons. The molecule has 0 bridgehead atoms. The second-order valence-electron chi connectivity index (χ2n) is 6.77. The number of rotatable bonds is 5. The van der Waals surface area contributed by atoms with Crippen LogP contribution >= 0.6 is 0 Å². The summed E-state index contributed by atoms with van der Waals surface area (Å²) >= 11 is 0. The molecule has 1 aliphatic heterocycles. The monoisotopic (exact) mass is 319 g/mol. The van der Waals surface area contributed by atoms with Crippen LogP contribution in [0.15, 0.2) is 29.4 Å². The fourth-order valence-electron chi connectivity index (χ4n) is 3.18. The summed E-state index contributed by atoms with van der Waals surface area (Å²) < 4.78 is 14.2. The third-order valence-corrected chi connectivity index (χ3v) is 4.25. The van der Waals surface area contributed by atoms with Crippen LogP contribution in [0.3, 0.4) is 0 Å². The van der Waals surface area contributed by atoms with Crippen LogP contribution in [0.1, 0.15) is 45.6 Å². The molecular weight excluding hydrogens is 293 g/mol. The van der Waals surface area contributed by atoms with E-state index in [0.717, 1.165) is 17.7 Å². The van der Waals surface area contributed by atoms with Crippen LogP contribution in [0, 0.1) is 11.8 Å². The maximum Gasteiger partial charge on any atom is 0.238 e. The van der Waals surface area contributed by atoms with Gasteiger partial charge in [0.25, 0.3) is 0 Å². The molecule has 1 aromatic carbocycles. The highest BCUT2D eigenvalue weighted by atomic mass is 19.1. The van der Waals surface area contributed by atoms with Gasteiger partial charge >= 0.3 is 0 Å². The normalized spacial score (nSPS) is 22.2. The third-order valence-electron chi connectivity index (χ3n) is 4.25. The Morgan fingerprint density at radius 1 is 1.35 bits per heavy atom. The highest BCUT2D eigenvalue weighted by molar-refractivity contribution is 6.09. The zero-order valence-electron chi connectivity index (χ0n) is 14.5. The van der Waals surface area contributed by atoms with Crippen molar-refractivity contribution < 1.29 is 9.18 Å². The average Bonchev–Trinajstić information content (AvgIpc) is 2.71. The van der Waals surface area contributed by atoms with Crippen LogP contribution in [0.25, 0.3) is 0 Å². The van der Waals surface area contributed by atoms with E-state index < -0.39 is 12.2 Å². The Morgan fingerprint density at radius 3 is 2.57 bits per heavy atom. The number of para-hydroxylation sites is 1. The molecule has 1 amide bonds. The Kier molecular flexibility index (Phi) is 5.39. The number of amides is 1. The molecule has 3 atom stereocenters. The van der Waals surface area contributed by atoms with Gasteiger partial charge in [0.2, 0.25) is 12.2 Å². The van der Waals surface area contributed by atoms with E-state index in [-0.39, 0.29) is 5.91 Å². The van der Waals surface area contributed by atoms with E-state index in [1.165, 1.54) is 5.01 Å². The van der Waals surface area contributed by atoms with Crippen molar-refractivity contribution in [2.24, 2.45) is 16.9 Å². The maximum atomic E-state index is 14.2. The lowest BCUT2D eigenvalue weighted by Gasteiger charge is -2.21. The summed E-state index contributed by atoms with van der Waals surface area (Å²) in [6.45, 7) is 8.20. The Balaban J connectivity index is 2.17. The average molecular weight is 319 g/mol. The number of nitrogens with zero attached hydrogens (tertiary/aromatic N) is 2. The largest absolute Gasteiger partial charge is 0.325 e. The molecule has 2 rings (SSSR count). The van der Waals surface area contributed by atoms with Gasteiger partial charge < -0.3 is 5.32 Å². The van der Waals surface area contributed by atoms with E-state index in [1.54, 1.807) is 14.0 Å². The summed E-state index contributed by atoms with van der Waals surface area (Å²) in [7, 11) is 1.54. The van der Waals surface area contributed by atoms with Crippen molar-refractivity contribution in [1.29, 1.82) is 0 Å². The molecule has 4 nitrogen and oxygen atoms in total. The number of hydrogen-bond acceptors (Lipinski definition) is 3. The lowest BCUT2D eigenvalue weighted by molar-refractivity contribution is -0.120. The molecule has 23 heavy (non-hydrogen) atoms. The minimum Gasteiger partial charge on any atom is -0.325 e. The van der Waals surface area contributed by atoms with Gasteiger partial charge in [-0.3, -0.25) is 9.80 Å². The SMILES string of the molecule is CC1=NN(C)C(F)C1C(=O)Nc1ccccc1C(C)CC(C)C. The first-order valence-electron chi connectivity index (χ1n) is 8.13. The van der Waals surface area contributed by atoms with Crippen molar-refractivity contribution in [3.05, 3.63) is 29.8 Å². The molecule has 1 heterocycles. The zero-order valence-corrected chi connectivity index (χ0v) is 14.5. The van der Waals surface area contributed by atoms with Crippen molar-refractivity contribution in [1.82, 2.24) is 5.01 Å². The van der Waals surface area contributed by atoms with E-state index in [0.29, 0.717) is 17.5 Å². The van der Waals surface area contributed by atoms with Gasteiger partial charge in [-0.15, -0.1) is 0 Å². The van der Waals surface area contributed by atoms with Crippen LogP contribution in [0.4, 0.5) is 10.1 Å². The molecule has 3 unspecified atom stereocenters. The molecule has 5 heteroatoms. The van der Waals surface area contributed by atoms with E-state index in [9.17, 15) is 9.18 Å². The number of hydrogen-bond donors (Lipinski definition) is 1. The predicted molar refractivity (Wildman–Crippen MR) is 92.2 cm³/mol. The molecule has 126 valence electrons. The number of halogens is 1. The lowest BCUT2D eigenvalue weighted by Crippen LogP contribution is -2.36. The summed E-state index contributed by atoms with van der Waals surface area (Å²) in [6.07, 6.45) is -0.374.